The molecule has 0 bridgehead atoms. The molecule has 4 heteroatoms. The Morgan fingerprint density at radius 2 is 2.33 bits per heavy atom. The minimum absolute atomic E-state index is 0.147. The van der Waals surface area contributed by atoms with Gasteiger partial charge in [-0.3, -0.25) is 0 Å². The highest BCUT2D eigenvalue weighted by Crippen LogP contribution is 2.24. The Morgan fingerprint density at radius 3 is 2.75 bits per heavy atom. The number of hydrogen-bond donors (Lipinski definition) is 1. The summed E-state index contributed by atoms with van der Waals surface area (Å²) in [4.78, 5) is 14.2. The number of carbonyl (C=O) groups is 1. The van der Waals surface area contributed by atoms with Crippen molar-refractivity contribution in [1.29, 1.82) is 0 Å². The second kappa shape index (κ2) is 3.38. The average Bonchev–Trinajstić information content (AvgIpc) is 1.98. The first-order valence-corrected chi connectivity index (χ1v) is 3.80. The van der Waals surface area contributed by atoms with Crippen LogP contribution in [-0.2, 0) is 9.53 Å². The molecule has 0 aromatic rings. The number of aliphatic carboxylic acids is 1. The third-order valence-electron chi connectivity index (χ3n) is 1.65. The van der Waals surface area contributed by atoms with Crippen LogP contribution in [0.5, 0.6) is 0 Å². The van der Waals surface area contributed by atoms with E-state index in [0.717, 1.165) is 12.0 Å². The first kappa shape index (κ1) is 8.77. The lowest BCUT2D eigenvalue weighted by molar-refractivity contribution is -0.129. The summed E-state index contributed by atoms with van der Waals surface area (Å²) in [7, 11) is 1.49. The summed E-state index contributed by atoms with van der Waals surface area (Å²) >= 11 is 0. The van der Waals surface area contributed by atoms with Crippen molar-refractivity contribution < 1.29 is 14.6 Å². The normalized spacial score (nSPS) is 15.3. The van der Waals surface area contributed by atoms with Crippen molar-refractivity contribution in [2.45, 2.75) is 19.8 Å². The van der Waals surface area contributed by atoms with E-state index in [1.807, 2.05) is 6.92 Å². The number of aliphatic imine (C=N–C) groups is 1. The van der Waals surface area contributed by atoms with Gasteiger partial charge in [0.1, 0.15) is 0 Å². The van der Waals surface area contributed by atoms with Crippen LogP contribution in [0, 0.1) is 0 Å². The fourth-order valence-corrected chi connectivity index (χ4v) is 1.11. The Kier molecular flexibility index (Phi) is 2.47. The summed E-state index contributed by atoms with van der Waals surface area (Å²) < 4.78 is 4.86. The molecule has 0 saturated carbocycles. The number of nitrogens with zero attached hydrogens (tertiary/aromatic N) is 1. The van der Waals surface area contributed by atoms with E-state index in [2.05, 4.69) is 4.99 Å². The lowest BCUT2D eigenvalue weighted by atomic mass is 10.0. The third-order valence-corrected chi connectivity index (χ3v) is 1.65. The smallest absolute Gasteiger partial charge is 0.355 e. The molecule has 0 spiro atoms. The zero-order chi connectivity index (χ0) is 9.14. The van der Waals surface area contributed by atoms with Gasteiger partial charge in [0.15, 0.2) is 5.71 Å². The van der Waals surface area contributed by atoms with Crippen LogP contribution in [0.15, 0.2) is 16.4 Å². The number of hydrogen-bond acceptors (Lipinski definition) is 3. The topological polar surface area (TPSA) is 58.9 Å². The van der Waals surface area contributed by atoms with Crippen LogP contribution in [0.2, 0.25) is 0 Å². The van der Waals surface area contributed by atoms with E-state index in [1.165, 1.54) is 7.11 Å². The van der Waals surface area contributed by atoms with Gasteiger partial charge in [-0.2, -0.15) is 0 Å². The molecule has 0 saturated heterocycles. The zero-order valence-corrected chi connectivity index (χ0v) is 7.13. The van der Waals surface area contributed by atoms with E-state index < -0.39 is 5.97 Å². The lowest BCUT2D eigenvalue weighted by Gasteiger charge is -2.17. The van der Waals surface area contributed by atoms with Gasteiger partial charge in [-0.1, -0.05) is 13.3 Å². The van der Waals surface area contributed by atoms with Crippen molar-refractivity contribution in [1.82, 2.24) is 0 Å². The van der Waals surface area contributed by atoms with Gasteiger partial charge in [0, 0.05) is 5.57 Å². The highest BCUT2D eigenvalue weighted by atomic mass is 16.5. The first-order chi connectivity index (χ1) is 5.70. The number of ether oxygens (including phenoxy) is 1. The van der Waals surface area contributed by atoms with Gasteiger partial charge >= 0.3 is 5.97 Å². The second-order valence-electron chi connectivity index (χ2n) is 2.50. The summed E-state index contributed by atoms with van der Waals surface area (Å²) in [5.41, 5.74) is 0.876. The van der Waals surface area contributed by atoms with Crippen LogP contribution < -0.4 is 0 Å². The van der Waals surface area contributed by atoms with E-state index in [1.54, 1.807) is 0 Å². The second-order valence-corrected chi connectivity index (χ2v) is 2.50. The molecule has 0 atom stereocenters. The van der Waals surface area contributed by atoms with Gasteiger partial charge in [0.05, 0.1) is 7.11 Å². The molecule has 1 rings (SSSR count). The molecule has 1 aliphatic rings. The molecular weight excluding hydrogens is 158 g/mol. The molecule has 0 aromatic heterocycles. The predicted octanol–water partition coefficient (Wildman–Crippen LogP) is 1.18. The maximum Gasteiger partial charge on any atom is 0.355 e. The Labute approximate surface area is 70.6 Å². The Hall–Kier alpha value is -1.32. The summed E-state index contributed by atoms with van der Waals surface area (Å²) in [5.74, 6) is -0.506. The van der Waals surface area contributed by atoms with Gasteiger partial charge in [0.25, 0.3) is 0 Å². The highest BCUT2D eigenvalue weighted by Gasteiger charge is 2.27. The molecular formula is C8H11NO3. The van der Waals surface area contributed by atoms with E-state index >= 15 is 0 Å². The summed E-state index contributed by atoms with van der Waals surface area (Å²) in [5, 5.41) is 8.62. The van der Waals surface area contributed by atoms with Crippen molar-refractivity contribution in [3.05, 3.63) is 11.5 Å². The molecule has 12 heavy (non-hydrogen) atoms. The first-order valence-electron chi connectivity index (χ1n) is 3.80. The predicted molar refractivity (Wildman–Crippen MR) is 44.0 cm³/mol. The van der Waals surface area contributed by atoms with E-state index in [0.29, 0.717) is 12.3 Å². The SMILES string of the molecule is CCCC1=C(OC)N=C1C(=O)O. The van der Waals surface area contributed by atoms with Crippen LogP contribution in [0.1, 0.15) is 19.8 Å². The fraction of sp³-hybridized carbons (Fsp3) is 0.500. The minimum atomic E-state index is -0.973. The Morgan fingerprint density at radius 1 is 1.67 bits per heavy atom. The average molecular weight is 169 g/mol. The largest absolute Gasteiger partial charge is 0.481 e. The molecule has 1 aliphatic heterocycles. The molecule has 66 valence electrons. The third kappa shape index (κ3) is 1.32. The van der Waals surface area contributed by atoms with Gasteiger partial charge in [-0.15, -0.1) is 0 Å². The maximum absolute atomic E-state index is 10.5. The van der Waals surface area contributed by atoms with Gasteiger partial charge in [-0.05, 0) is 6.42 Å². The van der Waals surface area contributed by atoms with Gasteiger partial charge in [-0.25, -0.2) is 9.79 Å². The van der Waals surface area contributed by atoms with E-state index in [4.69, 9.17) is 9.84 Å². The number of carboxylic acids is 1. The van der Waals surface area contributed by atoms with Gasteiger partial charge < -0.3 is 9.84 Å². The molecule has 0 unspecified atom stereocenters. The molecule has 0 radical (unpaired) electrons. The Bertz CT molecular complexity index is 265. The minimum Gasteiger partial charge on any atom is -0.481 e. The summed E-state index contributed by atoms with van der Waals surface area (Å²) in [6.07, 6.45) is 1.61. The van der Waals surface area contributed by atoms with Crippen molar-refractivity contribution >= 4 is 11.7 Å². The molecule has 0 fully saturated rings. The number of carboxylic acid groups (broad SMARTS) is 1. The van der Waals surface area contributed by atoms with Crippen molar-refractivity contribution in [3.63, 3.8) is 0 Å². The van der Waals surface area contributed by atoms with Crippen molar-refractivity contribution in [3.8, 4) is 0 Å². The number of methoxy groups -OCH3 is 1. The van der Waals surface area contributed by atoms with Crippen LogP contribution >= 0.6 is 0 Å². The van der Waals surface area contributed by atoms with E-state index in [-0.39, 0.29) is 5.71 Å². The molecule has 4 nitrogen and oxygen atoms in total. The highest BCUT2D eigenvalue weighted by molar-refractivity contribution is 6.44. The molecule has 1 N–H and O–H groups in total. The van der Waals surface area contributed by atoms with Crippen molar-refractivity contribution in [2.24, 2.45) is 4.99 Å². The summed E-state index contributed by atoms with van der Waals surface area (Å²) in [6, 6.07) is 0. The lowest BCUT2D eigenvalue weighted by Crippen LogP contribution is -2.24. The standard InChI is InChI=1S/C8H11NO3/c1-3-4-5-6(8(10)11)9-7(5)12-2/h3-4H2,1-2H3,(H,10,11). The van der Waals surface area contributed by atoms with Crippen LogP contribution in [0.25, 0.3) is 0 Å². The maximum atomic E-state index is 10.5. The summed E-state index contributed by atoms with van der Waals surface area (Å²) in [6.45, 7) is 1.98. The van der Waals surface area contributed by atoms with Crippen LogP contribution in [-0.4, -0.2) is 23.9 Å². The fourth-order valence-electron chi connectivity index (χ4n) is 1.11. The monoisotopic (exact) mass is 169 g/mol. The zero-order valence-electron chi connectivity index (χ0n) is 7.13. The molecule has 1 heterocycles. The van der Waals surface area contributed by atoms with Crippen LogP contribution in [0.3, 0.4) is 0 Å². The molecule has 0 aliphatic carbocycles. The van der Waals surface area contributed by atoms with Crippen LogP contribution in [0.4, 0.5) is 0 Å². The van der Waals surface area contributed by atoms with E-state index in [9.17, 15) is 4.79 Å². The quantitative estimate of drug-likeness (QED) is 0.687. The Balaban J connectivity index is 2.69. The molecule has 0 aromatic carbocycles. The van der Waals surface area contributed by atoms with Gasteiger partial charge in [0.2, 0.25) is 5.88 Å². The van der Waals surface area contributed by atoms with Crippen molar-refractivity contribution in [2.75, 3.05) is 7.11 Å². The molecule has 0 amide bonds. The number of rotatable bonds is 4.